The van der Waals surface area contributed by atoms with Crippen molar-refractivity contribution in [3.05, 3.63) is 0 Å². The molecule has 2 atom stereocenters. The van der Waals surface area contributed by atoms with Gasteiger partial charge in [0, 0.05) is 13.1 Å². The minimum absolute atomic E-state index is 0.0351. The van der Waals surface area contributed by atoms with E-state index in [1.165, 1.54) is 4.90 Å². The van der Waals surface area contributed by atoms with Gasteiger partial charge in [-0.25, -0.2) is 9.59 Å². The van der Waals surface area contributed by atoms with E-state index in [4.69, 9.17) is 9.16 Å². The SMILES string of the molecule is CC(C)(C)OC(=O)NC1CN(C(=O)O)CCC1O[Si](C)(C)C(C)(C)C. The number of carboxylic acid groups (broad SMARTS) is 1. The molecule has 0 aliphatic carbocycles. The highest BCUT2D eigenvalue weighted by molar-refractivity contribution is 6.74. The second kappa shape index (κ2) is 7.53. The Morgan fingerprint density at radius 1 is 1.16 bits per heavy atom. The van der Waals surface area contributed by atoms with Crippen molar-refractivity contribution in [1.29, 1.82) is 0 Å². The van der Waals surface area contributed by atoms with E-state index in [-0.39, 0.29) is 17.7 Å². The molecular weight excluding hydrogens is 340 g/mol. The molecule has 1 fully saturated rings. The lowest BCUT2D eigenvalue weighted by Crippen LogP contribution is -2.60. The summed E-state index contributed by atoms with van der Waals surface area (Å²) < 4.78 is 11.8. The average Bonchev–Trinajstić information content (AvgIpc) is 2.36. The molecule has 1 aliphatic rings. The van der Waals surface area contributed by atoms with E-state index in [1.807, 2.05) is 0 Å². The first-order chi connectivity index (χ1) is 11.1. The Balaban J connectivity index is 2.90. The summed E-state index contributed by atoms with van der Waals surface area (Å²) in [7, 11) is -2.04. The van der Waals surface area contributed by atoms with Crippen molar-refractivity contribution in [3.63, 3.8) is 0 Å². The molecule has 0 aromatic rings. The van der Waals surface area contributed by atoms with E-state index in [0.29, 0.717) is 13.0 Å². The molecule has 1 aliphatic heterocycles. The number of amides is 2. The normalized spacial score (nSPS) is 22.5. The molecule has 7 nitrogen and oxygen atoms in total. The smallest absolute Gasteiger partial charge is 0.408 e. The number of carbonyl (C=O) groups excluding carboxylic acids is 1. The van der Waals surface area contributed by atoms with Gasteiger partial charge in [-0.2, -0.15) is 0 Å². The van der Waals surface area contributed by atoms with Crippen LogP contribution in [0.2, 0.25) is 18.1 Å². The van der Waals surface area contributed by atoms with Crippen LogP contribution < -0.4 is 5.32 Å². The first kappa shape index (κ1) is 21.8. The Labute approximate surface area is 152 Å². The molecule has 2 unspecified atom stereocenters. The van der Waals surface area contributed by atoms with E-state index in [1.54, 1.807) is 20.8 Å². The van der Waals surface area contributed by atoms with Crippen molar-refractivity contribution < 1.29 is 23.9 Å². The highest BCUT2D eigenvalue weighted by Gasteiger charge is 2.43. The molecule has 8 heteroatoms. The first-order valence-electron chi connectivity index (χ1n) is 8.77. The Kier molecular flexibility index (Phi) is 6.55. The number of piperidine rings is 1. The lowest BCUT2D eigenvalue weighted by Gasteiger charge is -2.44. The summed E-state index contributed by atoms with van der Waals surface area (Å²) in [6.45, 7) is 16.8. The Morgan fingerprint density at radius 3 is 2.16 bits per heavy atom. The van der Waals surface area contributed by atoms with E-state index in [9.17, 15) is 14.7 Å². The predicted octanol–water partition coefficient (Wildman–Crippen LogP) is 3.65. The lowest BCUT2D eigenvalue weighted by atomic mass is 10.0. The molecule has 1 rings (SSSR count). The summed E-state index contributed by atoms with van der Waals surface area (Å²) in [6.07, 6.45) is -1.20. The van der Waals surface area contributed by atoms with E-state index in [0.717, 1.165) is 0 Å². The van der Waals surface area contributed by atoms with E-state index in [2.05, 4.69) is 39.2 Å². The molecule has 0 bridgehead atoms. The van der Waals surface area contributed by atoms with Gasteiger partial charge in [0.25, 0.3) is 0 Å². The third-order valence-electron chi connectivity index (χ3n) is 4.77. The van der Waals surface area contributed by atoms with Crippen LogP contribution in [0, 0.1) is 0 Å². The summed E-state index contributed by atoms with van der Waals surface area (Å²) >= 11 is 0. The van der Waals surface area contributed by atoms with Gasteiger partial charge in [-0.3, -0.25) is 0 Å². The Morgan fingerprint density at radius 2 is 1.72 bits per heavy atom. The predicted molar refractivity (Wildman–Crippen MR) is 99.4 cm³/mol. The van der Waals surface area contributed by atoms with Gasteiger partial charge < -0.3 is 24.5 Å². The van der Waals surface area contributed by atoms with Gasteiger partial charge in [0.1, 0.15) is 5.60 Å². The van der Waals surface area contributed by atoms with Crippen molar-refractivity contribution in [3.8, 4) is 0 Å². The quantitative estimate of drug-likeness (QED) is 0.736. The fourth-order valence-corrected chi connectivity index (χ4v) is 3.79. The minimum atomic E-state index is -2.04. The van der Waals surface area contributed by atoms with E-state index >= 15 is 0 Å². The Bertz CT molecular complexity index is 496. The summed E-state index contributed by atoms with van der Waals surface area (Å²) in [6, 6.07) is -0.422. The lowest BCUT2D eigenvalue weighted by molar-refractivity contribution is 0.0269. The largest absolute Gasteiger partial charge is 0.465 e. The van der Waals surface area contributed by atoms with Crippen molar-refractivity contribution >= 4 is 20.5 Å². The maximum Gasteiger partial charge on any atom is 0.408 e. The van der Waals surface area contributed by atoms with Gasteiger partial charge in [-0.15, -0.1) is 0 Å². The summed E-state index contributed by atoms with van der Waals surface area (Å²) in [5.41, 5.74) is -0.610. The third-order valence-corrected chi connectivity index (χ3v) is 9.28. The molecule has 1 saturated heterocycles. The molecular formula is C17H34N2O5Si. The van der Waals surface area contributed by atoms with Crippen LogP contribution in [0.15, 0.2) is 0 Å². The highest BCUT2D eigenvalue weighted by atomic mass is 28.4. The number of alkyl carbamates (subject to hydrolysis) is 1. The number of nitrogens with one attached hydrogen (secondary N) is 1. The van der Waals surface area contributed by atoms with Crippen LogP contribution in [-0.4, -0.2) is 61.3 Å². The van der Waals surface area contributed by atoms with Crippen LogP contribution in [-0.2, 0) is 9.16 Å². The van der Waals surface area contributed by atoms with Crippen LogP contribution >= 0.6 is 0 Å². The fourth-order valence-electron chi connectivity index (χ4n) is 2.40. The molecule has 0 spiro atoms. The first-order valence-corrected chi connectivity index (χ1v) is 11.7. The molecule has 25 heavy (non-hydrogen) atoms. The molecule has 0 radical (unpaired) electrons. The van der Waals surface area contributed by atoms with Crippen molar-refractivity contribution in [1.82, 2.24) is 10.2 Å². The van der Waals surface area contributed by atoms with Crippen LogP contribution in [0.3, 0.4) is 0 Å². The molecule has 0 aromatic heterocycles. The topological polar surface area (TPSA) is 88.1 Å². The van der Waals surface area contributed by atoms with E-state index < -0.39 is 32.1 Å². The molecule has 0 saturated carbocycles. The van der Waals surface area contributed by atoms with Crippen LogP contribution in [0.25, 0.3) is 0 Å². The van der Waals surface area contributed by atoms with Crippen molar-refractivity contribution in [2.24, 2.45) is 0 Å². The molecule has 0 aromatic carbocycles. The van der Waals surface area contributed by atoms with Gasteiger partial charge in [0.05, 0.1) is 12.1 Å². The number of hydrogen-bond acceptors (Lipinski definition) is 4. The average molecular weight is 375 g/mol. The fraction of sp³-hybridized carbons (Fsp3) is 0.882. The van der Waals surface area contributed by atoms with Crippen LogP contribution in [0.5, 0.6) is 0 Å². The maximum absolute atomic E-state index is 12.2. The molecule has 2 amide bonds. The zero-order chi connectivity index (χ0) is 19.6. The standard InChI is InChI=1S/C17H34N2O5Si/c1-16(2,3)23-14(20)18-12-11-19(15(21)22)10-9-13(12)24-25(7,8)17(4,5)6/h12-13H,9-11H2,1-8H3,(H,18,20)(H,21,22). The number of hydrogen-bond donors (Lipinski definition) is 2. The number of nitrogens with zero attached hydrogens (tertiary/aromatic N) is 1. The maximum atomic E-state index is 12.2. The monoisotopic (exact) mass is 374 g/mol. The zero-order valence-electron chi connectivity index (χ0n) is 16.8. The third kappa shape index (κ3) is 6.50. The second-order valence-corrected chi connectivity index (χ2v) is 13.9. The second-order valence-electron chi connectivity index (χ2n) is 9.19. The van der Waals surface area contributed by atoms with Gasteiger partial charge in [-0.1, -0.05) is 20.8 Å². The van der Waals surface area contributed by atoms with Crippen LogP contribution in [0.1, 0.15) is 48.0 Å². The summed E-state index contributed by atoms with van der Waals surface area (Å²) in [5.74, 6) is 0. The van der Waals surface area contributed by atoms with Crippen LogP contribution in [0.4, 0.5) is 9.59 Å². The Hall–Kier alpha value is -1.28. The number of ether oxygens (including phenoxy) is 1. The minimum Gasteiger partial charge on any atom is -0.465 e. The summed E-state index contributed by atoms with van der Waals surface area (Å²) in [4.78, 5) is 24.8. The van der Waals surface area contributed by atoms with Crippen molar-refractivity contribution in [2.75, 3.05) is 13.1 Å². The summed E-state index contributed by atoms with van der Waals surface area (Å²) in [5, 5.41) is 12.1. The van der Waals surface area contributed by atoms with Gasteiger partial charge >= 0.3 is 12.2 Å². The number of carbonyl (C=O) groups is 2. The highest BCUT2D eigenvalue weighted by Crippen LogP contribution is 2.38. The molecule has 146 valence electrons. The number of likely N-dealkylation sites (tertiary alicyclic amines) is 1. The molecule has 2 N–H and O–H groups in total. The van der Waals surface area contributed by atoms with Gasteiger partial charge in [0.2, 0.25) is 0 Å². The number of rotatable bonds is 3. The molecule has 1 heterocycles. The zero-order valence-corrected chi connectivity index (χ0v) is 17.8. The van der Waals surface area contributed by atoms with Gasteiger partial charge in [0.15, 0.2) is 8.32 Å². The van der Waals surface area contributed by atoms with Gasteiger partial charge in [-0.05, 0) is 45.3 Å². The van der Waals surface area contributed by atoms with Crippen molar-refractivity contribution in [2.45, 2.75) is 83.8 Å².